The minimum absolute atomic E-state index is 0.0476. The predicted octanol–water partition coefficient (Wildman–Crippen LogP) is 3.68. The molecule has 3 nitrogen and oxygen atoms in total. The molecule has 2 aromatic rings. The van der Waals surface area contributed by atoms with Crippen molar-refractivity contribution in [2.45, 2.75) is 32.4 Å². The Morgan fingerprint density at radius 1 is 1.19 bits per heavy atom. The van der Waals surface area contributed by atoms with Crippen molar-refractivity contribution < 1.29 is 0 Å². The van der Waals surface area contributed by atoms with Crippen LogP contribution in [-0.4, -0.2) is 23.3 Å². The van der Waals surface area contributed by atoms with E-state index < -0.39 is 0 Å². The first-order valence-electron chi connectivity index (χ1n) is 7.23. The second-order valence-electron chi connectivity index (χ2n) is 5.52. The van der Waals surface area contributed by atoms with Crippen LogP contribution >= 0.6 is 11.3 Å². The van der Waals surface area contributed by atoms with Gasteiger partial charge in [0.1, 0.15) is 0 Å². The van der Waals surface area contributed by atoms with E-state index in [4.69, 9.17) is 11.1 Å². The highest BCUT2D eigenvalue weighted by molar-refractivity contribution is 7.09. The van der Waals surface area contributed by atoms with E-state index in [0.29, 0.717) is 6.04 Å². The topological polar surface area (TPSA) is 53.1 Å². The maximum atomic E-state index is 7.93. The summed E-state index contributed by atoms with van der Waals surface area (Å²) in [6.07, 6.45) is 0. The van der Waals surface area contributed by atoms with Gasteiger partial charge < -0.3 is 5.73 Å². The molecule has 0 spiro atoms. The molecule has 1 aromatic carbocycles. The van der Waals surface area contributed by atoms with Gasteiger partial charge in [-0.05, 0) is 30.9 Å². The van der Waals surface area contributed by atoms with E-state index in [0.717, 1.165) is 18.7 Å². The summed E-state index contributed by atoms with van der Waals surface area (Å²) >= 11 is 1.77. The van der Waals surface area contributed by atoms with E-state index in [1.54, 1.807) is 11.3 Å². The number of nitrogens with zero attached hydrogens (tertiary/aromatic N) is 1. The number of nitrogens with two attached hydrogens (primary N) is 1. The zero-order chi connectivity index (χ0) is 15.2. The average molecular weight is 301 g/mol. The van der Waals surface area contributed by atoms with Crippen LogP contribution in [0.25, 0.3) is 0 Å². The normalized spacial score (nSPS) is 12.8. The van der Waals surface area contributed by atoms with E-state index >= 15 is 0 Å². The average Bonchev–Trinajstić information content (AvgIpc) is 2.96. The number of rotatable bonds is 7. The Kier molecular flexibility index (Phi) is 5.53. The highest BCUT2D eigenvalue weighted by atomic mass is 32.1. The molecule has 21 heavy (non-hydrogen) atoms. The van der Waals surface area contributed by atoms with Crippen molar-refractivity contribution >= 4 is 17.2 Å². The Morgan fingerprint density at radius 2 is 1.90 bits per heavy atom. The summed E-state index contributed by atoms with van der Waals surface area (Å²) in [5, 5.41) is 10.0. The van der Waals surface area contributed by atoms with Gasteiger partial charge in [0.2, 0.25) is 0 Å². The maximum Gasteiger partial charge on any atom is 0.0995 e. The van der Waals surface area contributed by atoms with Crippen LogP contribution in [0.3, 0.4) is 0 Å². The zero-order valence-corrected chi connectivity index (χ0v) is 13.4. The first-order chi connectivity index (χ1) is 10.1. The summed E-state index contributed by atoms with van der Waals surface area (Å²) in [5.74, 6) is 0.187. The van der Waals surface area contributed by atoms with E-state index in [1.165, 1.54) is 4.88 Å². The number of thiophene rings is 1. The number of amidine groups is 1. The van der Waals surface area contributed by atoms with Gasteiger partial charge in [0.25, 0.3) is 0 Å². The molecule has 3 N–H and O–H groups in total. The van der Waals surface area contributed by atoms with Gasteiger partial charge in [-0.3, -0.25) is 10.3 Å². The van der Waals surface area contributed by atoms with Crippen molar-refractivity contribution in [1.82, 2.24) is 4.90 Å². The Labute approximate surface area is 130 Å². The molecule has 0 radical (unpaired) electrons. The van der Waals surface area contributed by atoms with E-state index in [2.05, 4.69) is 48.4 Å². The molecule has 2 rings (SSSR count). The van der Waals surface area contributed by atoms with E-state index in [9.17, 15) is 0 Å². The van der Waals surface area contributed by atoms with Crippen LogP contribution in [0.1, 0.15) is 30.2 Å². The van der Waals surface area contributed by atoms with Crippen LogP contribution in [0, 0.1) is 5.41 Å². The molecule has 0 aliphatic rings. The van der Waals surface area contributed by atoms with Crippen LogP contribution in [0.15, 0.2) is 47.8 Å². The minimum atomic E-state index is -0.0476. The molecule has 1 heterocycles. The maximum absolute atomic E-state index is 7.93. The SMILES string of the molecule is CC(C)N(Cc1cccs1)CC(C(=N)N)c1ccccc1. The van der Waals surface area contributed by atoms with Crippen molar-refractivity contribution in [1.29, 1.82) is 5.41 Å². The van der Waals surface area contributed by atoms with Gasteiger partial charge in [-0.25, -0.2) is 0 Å². The third-order valence-corrected chi connectivity index (χ3v) is 4.52. The van der Waals surface area contributed by atoms with Gasteiger partial charge in [0, 0.05) is 24.0 Å². The van der Waals surface area contributed by atoms with Gasteiger partial charge >= 0.3 is 0 Å². The van der Waals surface area contributed by atoms with Crippen molar-refractivity contribution in [2.24, 2.45) is 5.73 Å². The molecule has 0 saturated carbocycles. The lowest BCUT2D eigenvalue weighted by molar-refractivity contribution is 0.212. The molecule has 0 bridgehead atoms. The fourth-order valence-corrected chi connectivity index (χ4v) is 3.09. The summed E-state index contributed by atoms with van der Waals surface area (Å²) in [6.45, 7) is 6.06. The van der Waals surface area contributed by atoms with Crippen molar-refractivity contribution in [3.8, 4) is 0 Å². The van der Waals surface area contributed by atoms with Gasteiger partial charge in [0.15, 0.2) is 0 Å². The summed E-state index contributed by atoms with van der Waals surface area (Å²) < 4.78 is 0. The Morgan fingerprint density at radius 3 is 2.43 bits per heavy atom. The van der Waals surface area contributed by atoms with Crippen LogP contribution in [0.2, 0.25) is 0 Å². The van der Waals surface area contributed by atoms with Gasteiger partial charge in [-0.2, -0.15) is 0 Å². The highest BCUT2D eigenvalue weighted by Gasteiger charge is 2.21. The van der Waals surface area contributed by atoms with E-state index in [1.807, 2.05) is 18.2 Å². The van der Waals surface area contributed by atoms with Crippen LogP contribution < -0.4 is 5.73 Å². The number of benzene rings is 1. The number of hydrogen-bond donors (Lipinski definition) is 2. The quantitative estimate of drug-likeness (QED) is 0.605. The summed E-state index contributed by atoms with van der Waals surface area (Å²) in [7, 11) is 0. The van der Waals surface area contributed by atoms with Crippen LogP contribution in [0.4, 0.5) is 0 Å². The van der Waals surface area contributed by atoms with Gasteiger partial charge in [-0.1, -0.05) is 36.4 Å². The monoisotopic (exact) mass is 301 g/mol. The van der Waals surface area contributed by atoms with Crippen molar-refractivity contribution in [2.75, 3.05) is 6.54 Å². The Hall–Kier alpha value is -1.65. The predicted molar refractivity (Wildman–Crippen MR) is 91.0 cm³/mol. The smallest absolute Gasteiger partial charge is 0.0995 e. The third-order valence-electron chi connectivity index (χ3n) is 3.66. The summed E-state index contributed by atoms with van der Waals surface area (Å²) in [6, 6.07) is 14.8. The molecule has 4 heteroatoms. The molecule has 0 saturated heterocycles. The Balaban J connectivity index is 2.14. The molecular formula is C17H23N3S. The first-order valence-corrected chi connectivity index (χ1v) is 8.11. The molecule has 0 aliphatic carbocycles. The third kappa shape index (κ3) is 4.41. The summed E-state index contributed by atoms with van der Waals surface area (Å²) in [5.41, 5.74) is 6.96. The highest BCUT2D eigenvalue weighted by Crippen LogP contribution is 2.21. The second kappa shape index (κ2) is 7.38. The fraction of sp³-hybridized carbons (Fsp3) is 0.353. The first kappa shape index (κ1) is 15.7. The molecule has 1 unspecified atom stereocenters. The number of hydrogen-bond acceptors (Lipinski definition) is 3. The largest absolute Gasteiger partial charge is 0.387 e. The molecule has 112 valence electrons. The lowest BCUT2D eigenvalue weighted by Crippen LogP contribution is -2.38. The zero-order valence-electron chi connectivity index (χ0n) is 12.6. The lowest BCUT2D eigenvalue weighted by Gasteiger charge is -2.30. The number of nitrogens with one attached hydrogen (secondary N) is 1. The van der Waals surface area contributed by atoms with Crippen LogP contribution in [-0.2, 0) is 6.54 Å². The molecule has 1 atom stereocenters. The Bertz CT molecular complexity index is 549. The standard InChI is InChI=1S/C17H23N3S/c1-13(2)20(11-15-9-6-10-21-15)12-16(17(18)19)14-7-4-3-5-8-14/h3-10,13,16H,11-12H2,1-2H3,(H3,18,19). The molecular weight excluding hydrogens is 278 g/mol. The van der Waals surface area contributed by atoms with E-state index in [-0.39, 0.29) is 11.8 Å². The van der Waals surface area contributed by atoms with Crippen LogP contribution in [0.5, 0.6) is 0 Å². The van der Waals surface area contributed by atoms with Crippen molar-refractivity contribution in [3.05, 3.63) is 58.3 Å². The molecule has 0 amide bonds. The molecule has 0 fully saturated rings. The van der Waals surface area contributed by atoms with Crippen molar-refractivity contribution in [3.63, 3.8) is 0 Å². The lowest BCUT2D eigenvalue weighted by atomic mass is 9.97. The molecule has 1 aromatic heterocycles. The fourth-order valence-electron chi connectivity index (χ4n) is 2.36. The minimum Gasteiger partial charge on any atom is -0.387 e. The van der Waals surface area contributed by atoms with Gasteiger partial charge in [-0.15, -0.1) is 11.3 Å². The summed E-state index contributed by atoms with van der Waals surface area (Å²) in [4.78, 5) is 3.73. The van der Waals surface area contributed by atoms with Gasteiger partial charge in [0.05, 0.1) is 11.8 Å². The second-order valence-corrected chi connectivity index (χ2v) is 6.55. The molecule has 0 aliphatic heterocycles.